The number of fused-ring (bicyclic) bond motifs is 1. The molecule has 0 spiro atoms. The highest BCUT2D eigenvalue weighted by atomic mass is 35.5. The number of amides is 1. The highest BCUT2D eigenvalue weighted by Gasteiger charge is 2.16. The molecule has 1 N–H and O–H groups in total. The van der Waals surface area contributed by atoms with E-state index in [9.17, 15) is 4.79 Å². The molecule has 0 aliphatic heterocycles. The van der Waals surface area contributed by atoms with Gasteiger partial charge in [-0.2, -0.15) is 5.10 Å². The standard InChI is InChI=1S/C13H10ClN5O/c1-19-9-5-3-2-4-8(9)12(18-19)13(20)17-11-7-15-10(14)6-16-11/h2-7H,1H3,(H,16,17,20). The van der Waals surface area contributed by atoms with Crippen LogP contribution in [0.25, 0.3) is 10.9 Å². The predicted octanol–water partition coefficient (Wildman–Crippen LogP) is 2.27. The van der Waals surface area contributed by atoms with Crippen LogP contribution in [0.2, 0.25) is 5.15 Å². The fourth-order valence-electron chi connectivity index (χ4n) is 1.93. The molecule has 100 valence electrons. The Hall–Kier alpha value is -2.47. The fraction of sp³-hybridized carbons (Fsp3) is 0.0769. The van der Waals surface area contributed by atoms with Crippen LogP contribution in [0.15, 0.2) is 36.7 Å². The first-order valence-corrected chi connectivity index (χ1v) is 6.23. The van der Waals surface area contributed by atoms with Gasteiger partial charge < -0.3 is 5.32 Å². The Morgan fingerprint density at radius 2 is 2.05 bits per heavy atom. The van der Waals surface area contributed by atoms with E-state index < -0.39 is 0 Å². The number of aromatic nitrogens is 4. The number of hydrogen-bond acceptors (Lipinski definition) is 4. The summed E-state index contributed by atoms with van der Waals surface area (Å²) in [5.74, 6) is -0.00689. The third-order valence-corrected chi connectivity index (χ3v) is 3.03. The van der Waals surface area contributed by atoms with E-state index in [4.69, 9.17) is 11.6 Å². The third-order valence-electron chi connectivity index (χ3n) is 2.83. The number of nitrogens with one attached hydrogen (secondary N) is 1. The van der Waals surface area contributed by atoms with E-state index in [1.54, 1.807) is 11.7 Å². The van der Waals surface area contributed by atoms with Crippen molar-refractivity contribution in [2.75, 3.05) is 5.32 Å². The molecule has 0 radical (unpaired) electrons. The molecule has 1 amide bonds. The number of carbonyl (C=O) groups is 1. The second-order valence-electron chi connectivity index (χ2n) is 4.17. The number of aryl methyl sites for hydroxylation is 1. The van der Waals surface area contributed by atoms with Crippen LogP contribution in [0.5, 0.6) is 0 Å². The smallest absolute Gasteiger partial charge is 0.278 e. The quantitative estimate of drug-likeness (QED) is 0.785. The molecule has 3 aromatic rings. The zero-order chi connectivity index (χ0) is 14.1. The largest absolute Gasteiger partial charge is 0.304 e. The van der Waals surface area contributed by atoms with Crippen LogP contribution in [0.1, 0.15) is 10.5 Å². The van der Waals surface area contributed by atoms with Gasteiger partial charge in [0.05, 0.1) is 17.9 Å². The van der Waals surface area contributed by atoms with Crippen LogP contribution < -0.4 is 5.32 Å². The summed E-state index contributed by atoms with van der Waals surface area (Å²) in [6.07, 6.45) is 2.76. The number of benzene rings is 1. The molecule has 0 bridgehead atoms. The Bertz CT molecular complexity index is 781. The van der Waals surface area contributed by atoms with Gasteiger partial charge in [0.1, 0.15) is 5.15 Å². The minimum atomic E-state index is -0.335. The molecule has 0 aliphatic carbocycles. The van der Waals surface area contributed by atoms with Gasteiger partial charge in [0, 0.05) is 12.4 Å². The van der Waals surface area contributed by atoms with E-state index in [-0.39, 0.29) is 11.1 Å². The topological polar surface area (TPSA) is 72.7 Å². The van der Waals surface area contributed by atoms with E-state index in [0.717, 1.165) is 10.9 Å². The Kier molecular flexibility index (Phi) is 3.08. The first-order valence-electron chi connectivity index (χ1n) is 5.86. The second-order valence-corrected chi connectivity index (χ2v) is 4.56. The SMILES string of the molecule is Cn1nc(C(=O)Nc2cnc(Cl)cn2)c2ccccc21. The van der Waals surface area contributed by atoms with Crippen LogP contribution in [-0.2, 0) is 7.05 Å². The number of para-hydroxylation sites is 1. The van der Waals surface area contributed by atoms with Crippen LogP contribution in [0.3, 0.4) is 0 Å². The zero-order valence-corrected chi connectivity index (χ0v) is 11.3. The third kappa shape index (κ3) is 2.21. The maximum Gasteiger partial charge on any atom is 0.278 e. The maximum absolute atomic E-state index is 12.2. The minimum Gasteiger partial charge on any atom is -0.304 e. The van der Waals surface area contributed by atoms with Gasteiger partial charge in [0.25, 0.3) is 5.91 Å². The highest BCUT2D eigenvalue weighted by molar-refractivity contribution is 6.29. The molecule has 1 aromatic carbocycles. The van der Waals surface area contributed by atoms with Crippen molar-refractivity contribution < 1.29 is 4.79 Å². The van der Waals surface area contributed by atoms with Gasteiger partial charge in [0.2, 0.25) is 0 Å². The van der Waals surface area contributed by atoms with Gasteiger partial charge in [-0.25, -0.2) is 9.97 Å². The molecule has 0 unspecified atom stereocenters. The lowest BCUT2D eigenvalue weighted by atomic mass is 10.2. The van der Waals surface area contributed by atoms with Gasteiger partial charge in [-0.1, -0.05) is 29.8 Å². The number of hydrogen-bond donors (Lipinski definition) is 1. The number of halogens is 1. The van der Waals surface area contributed by atoms with Crippen molar-refractivity contribution in [2.45, 2.75) is 0 Å². The first-order chi connectivity index (χ1) is 9.65. The fourth-order valence-corrected chi connectivity index (χ4v) is 2.03. The lowest BCUT2D eigenvalue weighted by molar-refractivity contribution is 0.102. The summed E-state index contributed by atoms with van der Waals surface area (Å²) in [6.45, 7) is 0. The summed E-state index contributed by atoms with van der Waals surface area (Å²) < 4.78 is 1.66. The molecular formula is C13H10ClN5O. The Morgan fingerprint density at radius 3 is 2.80 bits per heavy atom. The van der Waals surface area contributed by atoms with Crippen molar-refractivity contribution in [1.82, 2.24) is 19.7 Å². The van der Waals surface area contributed by atoms with Crippen molar-refractivity contribution in [3.8, 4) is 0 Å². The summed E-state index contributed by atoms with van der Waals surface area (Å²) in [5.41, 5.74) is 1.24. The minimum absolute atomic E-state index is 0.270. The van der Waals surface area contributed by atoms with Gasteiger partial charge in [-0.3, -0.25) is 9.48 Å². The van der Waals surface area contributed by atoms with Crippen molar-refractivity contribution in [3.05, 3.63) is 47.5 Å². The van der Waals surface area contributed by atoms with E-state index in [1.165, 1.54) is 12.4 Å². The molecule has 0 aliphatic rings. The van der Waals surface area contributed by atoms with Crippen LogP contribution in [-0.4, -0.2) is 25.7 Å². The summed E-state index contributed by atoms with van der Waals surface area (Å²) in [4.78, 5) is 20.1. The molecule has 0 fully saturated rings. The molecule has 0 saturated carbocycles. The van der Waals surface area contributed by atoms with Crippen molar-refractivity contribution in [3.63, 3.8) is 0 Å². The average molecular weight is 288 g/mol. The first kappa shape index (κ1) is 12.6. The maximum atomic E-state index is 12.2. The zero-order valence-electron chi connectivity index (χ0n) is 10.5. The van der Waals surface area contributed by atoms with Crippen LogP contribution in [0, 0.1) is 0 Å². The summed E-state index contributed by atoms with van der Waals surface area (Å²) in [7, 11) is 1.79. The van der Waals surface area contributed by atoms with Crippen molar-refractivity contribution in [1.29, 1.82) is 0 Å². The number of carbonyl (C=O) groups excluding carboxylic acids is 1. The van der Waals surface area contributed by atoms with E-state index >= 15 is 0 Å². The van der Waals surface area contributed by atoms with Crippen molar-refractivity contribution in [2.24, 2.45) is 7.05 Å². The summed E-state index contributed by atoms with van der Waals surface area (Å²) in [6, 6.07) is 7.52. The van der Waals surface area contributed by atoms with Gasteiger partial charge in [0.15, 0.2) is 11.5 Å². The molecule has 20 heavy (non-hydrogen) atoms. The van der Waals surface area contributed by atoms with E-state index in [0.29, 0.717) is 11.5 Å². The van der Waals surface area contributed by atoms with Crippen LogP contribution in [0.4, 0.5) is 5.82 Å². The number of rotatable bonds is 2. The lowest BCUT2D eigenvalue weighted by Gasteiger charge is -2.01. The second kappa shape index (κ2) is 4.90. The molecular weight excluding hydrogens is 278 g/mol. The molecule has 2 heterocycles. The Balaban J connectivity index is 1.95. The molecule has 3 rings (SSSR count). The average Bonchev–Trinajstić information content (AvgIpc) is 2.79. The van der Waals surface area contributed by atoms with Crippen molar-refractivity contribution >= 4 is 34.2 Å². The van der Waals surface area contributed by atoms with Gasteiger partial charge in [-0.15, -0.1) is 0 Å². The molecule has 0 saturated heterocycles. The Morgan fingerprint density at radius 1 is 1.25 bits per heavy atom. The molecule has 0 atom stereocenters. The normalized spacial score (nSPS) is 10.7. The molecule has 6 nitrogen and oxygen atoms in total. The van der Waals surface area contributed by atoms with Gasteiger partial charge >= 0.3 is 0 Å². The van der Waals surface area contributed by atoms with E-state index in [1.807, 2.05) is 24.3 Å². The van der Waals surface area contributed by atoms with E-state index in [2.05, 4.69) is 20.4 Å². The highest BCUT2D eigenvalue weighted by Crippen LogP contribution is 2.18. The number of nitrogens with zero attached hydrogens (tertiary/aromatic N) is 4. The lowest BCUT2D eigenvalue weighted by Crippen LogP contribution is -2.14. The predicted molar refractivity (Wildman–Crippen MR) is 75.7 cm³/mol. The summed E-state index contributed by atoms with van der Waals surface area (Å²) in [5, 5.41) is 7.93. The monoisotopic (exact) mass is 287 g/mol. The Labute approximate surface area is 119 Å². The van der Waals surface area contributed by atoms with Crippen LogP contribution >= 0.6 is 11.6 Å². The summed E-state index contributed by atoms with van der Waals surface area (Å²) >= 11 is 5.64. The number of anilines is 1. The van der Waals surface area contributed by atoms with Gasteiger partial charge in [-0.05, 0) is 6.07 Å². The molecule has 2 aromatic heterocycles. The molecule has 7 heteroatoms.